The fourth-order valence-electron chi connectivity index (χ4n) is 0.773. The molecule has 1 atom stereocenters. The average molecular weight is 140 g/mol. The first-order valence-corrected chi connectivity index (χ1v) is 4.26. The van der Waals surface area contributed by atoms with Crippen LogP contribution in [0.25, 0.3) is 0 Å². The highest BCUT2D eigenvalue weighted by molar-refractivity contribution is 7.10. The van der Waals surface area contributed by atoms with Gasteiger partial charge in [-0.25, -0.2) is 0 Å². The summed E-state index contributed by atoms with van der Waals surface area (Å²) in [5.74, 6) is 0.755. The predicted octanol–water partition coefficient (Wildman–Crippen LogP) is 3.26. The fraction of sp³-hybridized carbons (Fsp3) is 0.500. The monoisotopic (exact) mass is 140 g/mol. The molecule has 9 heavy (non-hydrogen) atoms. The Kier molecular flexibility index (Phi) is 2.29. The van der Waals surface area contributed by atoms with E-state index in [-0.39, 0.29) is 0 Å². The Morgan fingerprint density at radius 1 is 1.67 bits per heavy atom. The Hall–Kier alpha value is -0.300. The second kappa shape index (κ2) is 3.02. The van der Waals surface area contributed by atoms with Crippen LogP contribution in [0.2, 0.25) is 0 Å². The predicted molar refractivity (Wildman–Crippen MR) is 43.0 cm³/mol. The van der Waals surface area contributed by atoms with Crippen LogP contribution in [0.3, 0.4) is 0 Å². The Labute approximate surface area is 60.5 Å². The van der Waals surface area contributed by atoms with Crippen LogP contribution in [-0.4, -0.2) is 0 Å². The third-order valence-electron chi connectivity index (χ3n) is 1.64. The SMILES string of the molecule is CC[C@@H](C)c1cccs1. The lowest BCUT2D eigenvalue weighted by Gasteiger charge is -2.02. The minimum absolute atomic E-state index is 0.755. The smallest absolute Gasteiger partial charge is 0.00733 e. The largest absolute Gasteiger partial charge is 0.149 e. The van der Waals surface area contributed by atoms with Gasteiger partial charge in [0.1, 0.15) is 0 Å². The molecular weight excluding hydrogens is 128 g/mol. The summed E-state index contributed by atoms with van der Waals surface area (Å²) < 4.78 is 0. The van der Waals surface area contributed by atoms with Crippen LogP contribution < -0.4 is 0 Å². The zero-order chi connectivity index (χ0) is 6.69. The van der Waals surface area contributed by atoms with Gasteiger partial charge in [0.2, 0.25) is 0 Å². The molecule has 1 heterocycles. The van der Waals surface area contributed by atoms with Gasteiger partial charge in [-0.05, 0) is 23.8 Å². The van der Waals surface area contributed by atoms with E-state index in [2.05, 4.69) is 31.4 Å². The van der Waals surface area contributed by atoms with Gasteiger partial charge >= 0.3 is 0 Å². The molecule has 0 fully saturated rings. The molecule has 0 nitrogen and oxygen atoms in total. The molecule has 0 aliphatic heterocycles. The summed E-state index contributed by atoms with van der Waals surface area (Å²) in [5.41, 5.74) is 0. The maximum Gasteiger partial charge on any atom is 0.00733 e. The molecule has 0 N–H and O–H groups in total. The van der Waals surface area contributed by atoms with Gasteiger partial charge in [0.25, 0.3) is 0 Å². The normalized spacial score (nSPS) is 13.6. The fourth-order valence-corrected chi connectivity index (χ4v) is 1.64. The van der Waals surface area contributed by atoms with Crippen LogP contribution in [0.5, 0.6) is 0 Å². The van der Waals surface area contributed by atoms with Crippen molar-refractivity contribution in [1.29, 1.82) is 0 Å². The second-order valence-electron chi connectivity index (χ2n) is 2.32. The first-order chi connectivity index (χ1) is 4.34. The van der Waals surface area contributed by atoms with Crippen molar-refractivity contribution < 1.29 is 0 Å². The number of rotatable bonds is 2. The summed E-state index contributed by atoms with van der Waals surface area (Å²) in [6.07, 6.45) is 1.25. The summed E-state index contributed by atoms with van der Waals surface area (Å²) in [6.45, 7) is 4.50. The van der Waals surface area contributed by atoms with Gasteiger partial charge in [0, 0.05) is 4.88 Å². The van der Waals surface area contributed by atoms with Crippen molar-refractivity contribution in [1.82, 2.24) is 0 Å². The van der Waals surface area contributed by atoms with Gasteiger partial charge in [-0.3, -0.25) is 0 Å². The molecule has 0 bridgehead atoms. The molecule has 0 aromatic carbocycles. The van der Waals surface area contributed by atoms with Gasteiger partial charge in [-0.15, -0.1) is 11.3 Å². The van der Waals surface area contributed by atoms with E-state index in [9.17, 15) is 0 Å². The zero-order valence-electron chi connectivity index (χ0n) is 5.92. The van der Waals surface area contributed by atoms with Crippen molar-refractivity contribution >= 4 is 11.3 Å². The maximum atomic E-state index is 2.27. The first kappa shape index (κ1) is 6.81. The summed E-state index contributed by atoms with van der Waals surface area (Å²) in [7, 11) is 0. The number of thiophene rings is 1. The van der Waals surface area contributed by atoms with Gasteiger partial charge in [0.15, 0.2) is 0 Å². The number of hydrogen-bond donors (Lipinski definition) is 0. The zero-order valence-corrected chi connectivity index (χ0v) is 6.74. The molecule has 1 heteroatoms. The highest BCUT2D eigenvalue weighted by atomic mass is 32.1. The van der Waals surface area contributed by atoms with E-state index < -0.39 is 0 Å². The van der Waals surface area contributed by atoms with E-state index >= 15 is 0 Å². The molecule has 50 valence electrons. The molecule has 0 saturated heterocycles. The summed E-state index contributed by atoms with van der Waals surface area (Å²) >= 11 is 1.86. The summed E-state index contributed by atoms with van der Waals surface area (Å²) in [4.78, 5) is 1.51. The van der Waals surface area contributed by atoms with Crippen LogP contribution in [-0.2, 0) is 0 Å². The van der Waals surface area contributed by atoms with Gasteiger partial charge in [-0.2, -0.15) is 0 Å². The standard InChI is InChI=1S/C8H12S/c1-3-7(2)8-5-4-6-9-8/h4-7H,3H2,1-2H3/t7-/m1/s1. The molecule has 0 aliphatic carbocycles. The molecule has 0 saturated carbocycles. The number of hydrogen-bond acceptors (Lipinski definition) is 1. The molecule has 1 rings (SSSR count). The Bertz CT molecular complexity index is 153. The van der Waals surface area contributed by atoms with Gasteiger partial charge < -0.3 is 0 Å². The third-order valence-corrected chi connectivity index (χ3v) is 2.75. The topological polar surface area (TPSA) is 0 Å². The van der Waals surface area contributed by atoms with Gasteiger partial charge in [0.05, 0.1) is 0 Å². The van der Waals surface area contributed by atoms with Crippen molar-refractivity contribution in [2.45, 2.75) is 26.2 Å². The van der Waals surface area contributed by atoms with Crippen LogP contribution in [0, 0.1) is 0 Å². The second-order valence-corrected chi connectivity index (χ2v) is 3.30. The lowest BCUT2D eigenvalue weighted by atomic mass is 10.1. The summed E-state index contributed by atoms with van der Waals surface area (Å²) in [6, 6.07) is 4.32. The van der Waals surface area contributed by atoms with E-state index in [1.807, 2.05) is 11.3 Å². The van der Waals surface area contributed by atoms with E-state index in [4.69, 9.17) is 0 Å². The molecule has 1 aromatic rings. The molecular formula is C8H12S. The highest BCUT2D eigenvalue weighted by Crippen LogP contribution is 2.22. The van der Waals surface area contributed by atoms with Crippen LogP contribution in [0.1, 0.15) is 31.1 Å². The van der Waals surface area contributed by atoms with Crippen molar-refractivity contribution in [3.8, 4) is 0 Å². The van der Waals surface area contributed by atoms with Gasteiger partial charge in [-0.1, -0.05) is 19.9 Å². The van der Waals surface area contributed by atoms with E-state index in [1.165, 1.54) is 11.3 Å². The summed E-state index contributed by atoms with van der Waals surface area (Å²) in [5, 5.41) is 2.14. The van der Waals surface area contributed by atoms with Crippen molar-refractivity contribution in [2.24, 2.45) is 0 Å². The van der Waals surface area contributed by atoms with E-state index in [1.54, 1.807) is 0 Å². The quantitative estimate of drug-likeness (QED) is 0.591. The van der Waals surface area contributed by atoms with Crippen molar-refractivity contribution in [3.05, 3.63) is 22.4 Å². The van der Waals surface area contributed by atoms with Crippen LogP contribution >= 0.6 is 11.3 Å². The Balaban J connectivity index is 2.65. The molecule has 0 radical (unpaired) electrons. The molecule has 0 spiro atoms. The van der Waals surface area contributed by atoms with E-state index in [0.29, 0.717) is 0 Å². The van der Waals surface area contributed by atoms with Crippen molar-refractivity contribution in [3.63, 3.8) is 0 Å². The third kappa shape index (κ3) is 1.55. The maximum absolute atomic E-state index is 2.27. The highest BCUT2D eigenvalue weighted by Gasteiger charge is 2.00. The molecule has 1 aromatic heterocycles. The van der Waals surface area contributed by atoms with Crippen LogP contribution in [0.15, 0.2) is 17.5 Å². The first-order valence-electron chi connectivity index (χ1n) is 3.38. The average Bonchev–Trinajstić information content (AvgIpc) is 2.37. The lowest BCUT2D eigenvalue weighted by molar-refractivity contribution is 0.748. The molecule has 0 amide bonds. The Morgan fingerprint density at radius 2 is 2.44 bits per heavy atom. The van der Waals surface area contributed by atoms with E-state index in [0.717, 1.165) is 5.92 Å². The Morgan fingerprint density at radius 3 is 2.89 bits per heavy atom. The minimum Gasteiger partial charge on any atom is -0.149 e. The van der Waals surface area contributed by atoms with Crippen molar-refractivity contribution in [2.75, 3.05) is 0 Å². The molecule has 0 aliphatic rings. The lowest BCUT2D eigenvalue weighted by Crippen LogP contribution is -1.84. The minimum atomic E-state index is 0.755. The van der Waals surface area contributed by atoms with Crippen LogP contribution in [0.4, 0.5) is 0 Å². The molecule has 0 unspecified atom stereocenters.